The molecule has 0 saturated carbocycles. The van der Waals surface area contributed by atoms with Crippen LogP contribution in [0.4, 0.5) is 4.39 Å². The predicted octanol–water partition coefficient (Wildman–Crippen LogP) is 5.18. The SMILES string of the molecule is CCNC(Cc1ccc(F)c(Br)c1)c1ncc(Cl)cc1Cl. The van der Waals surface area contributed by atoms with Gasteiger partial charge in [0.25, 0.3) is 0 Å². The minimum Gasteiger partial charge on any atom is -0.309 e. The van der Waals surface area contributed by atoms with Crippen LogP contribution < -0.4 is 5.32 Å². The number of aromatic nitrogens is 1. The summed E-state index contributed by atoms with van der Waals surface area (Å²) in [5.74, 6) is -0.276. The summed E-state index contributed by atoms with van der Waals surface area (Å²) in [6.07, 6.45) is 2.23. The summed E-state index contributed by atoms with van der Waals surface area (Å²) in [6.45, 7) is 2.78. The molecule has 0 spiro atoms. The lowest BCUT2D eigenvalue weighted by Crippen LogP contribution is -2.24. The van der Waals surface area contributed by atoms with Gasteiger partial charge in [-0.1, -0.05) is 36.2 Å². The topological polar surface area (TPSA) is 24.9 Å². The Kier molecular flexibility index (Phi) is 5.99. The highest BCUT2D eigenvalue weighted by molar-refractivity contribution is 9.10. The maximum absolute atomic E-state index is 13.3. The first-order valence-electron chi connectivity index (χ1n) is 6.49. The van der Waals surface area contributed by atoms with Crippen LogP contribution in [-0.2, 0) is 6.42 Å². The third kappa shape index (κ3) is 4.39. The van der Waals surface area contributed by atoms with Crippen LogP contribution in [0, 0.1) is 5.82 Å². The van der Waals surface area contributed by atoms with Crippen molar-refractivity contribution in [3.05, 3.63) is 62.1 Å². The summed E-state index contributed by atoms with van der Waals surface area (Å²) in [5, 5.41) is 4.37. The Morgan fingerprint density at radius 1 is 1.33 bits per heavy atom. The number of likely N-dealkylation sites (N-methyl/N-ethyl adjacent to an activating group) is 1. The Bertz CT molecular complexity index is 637. The van der Waals surface area contributed by atoms with E-state index in [1.54, 1.807) is 24.4 Å². The predicted molar refractivity (Wildman–Crippen MR) is 88.5 cm³/mol. The van der Waals surface area contributed by atoms with Gasteiger partial charge in [-0.05, 0) is 52.7 Å². The fourth-order valence-electron chi connectivity index (χ4n) is 2.10. The Labute approximate surface area is 141 Å². The standard InChI is InChI=1S/C15H14BrCl2FN2/c1-2-20-14(15-12(18)7-10(17)8-21-15)6-9-3-4-13(19)11(16)5-9/h3-5,7-8,14,20H,2,6H2,1H3. The van der Waals surface area contributed by atoms with Crippen molar-refractivity contribution in [2.75, 3.05) is 6.54 Å². The van der Waals surface area contributed by atoms with Crippen molar-refractivity contribution in [2.24, 2.45) is 0 Å². The zero-order valence-corrected chi connectivity index (χ0v) is 14.4. The Morgan fingerprint density at radius 2 is 2.10 bits per heavy atom. The van der Waals surface area contributed by atoms with E-state index in [1.165, 1.54) is 6.07 Å². The van der Waals surface area contributed by atoms with E-state index in [4.69, 9.17) is 23.2 Å². The summed E-state index contributed by atoms with van der Waals surface area (Å²) in [7, 11) is 0. The maximum atomic E-state index is 13.3. The molecule has 1 unspecified atom stereocenters. The zero-order chi connectivity index (χ0) is 15.4. The number of nitrogens with one attached hydrogen (secondary N) is 1. The lowest BCUT2D eigenvalue weighted by Gasteiger charge is -2.19. The zero-order valence-electron chi connectivity index (χ0n) is 11.3. The molecule has 6 heteroatoms. The molecular weight excluding hydrogens is 378 g/mol. The second-order valence-corrected chi connectivity index (χ2v) is 6.28. The quantitative estimate of drug-likeness (QED) is 0.759. The molecule has 2 nitrogen and oxygen atoms in total. The van der Waals surface area contributed by atoms with E-state index in [1.807, 2.05) is 6.92 Å². The van der Waals surface area contributed by atoms with Crippen LogP contribution in [0.2, 0.25) is 10.0 Å². The molecule has 1 aromatic carbocycles. The van der Waals surface area contributed by atoms with Gasteiger partial charge in [0.2, 0.25) is 0 Å². The Balaban J connectivity index is 2.28. The highest BCUT2D eigenvalue weighted by atomic mass is 79.9. The minimum absolute atomic E-state index is 0.0582. The summed E-state index contributed by atoms with van der Waals surface area (Å²) in [4.78, 5) is 4.32. The first-order chi connectivity index (χ1) is 10.0. The Morgan fingerprint density at radius 3 is 2.71 bits per heavy atom. The van der Waals surface area contributed by atoms with Crippen molar-refractivity contribution in [3.63, 3.8) is 0 Å². The number of hydrogen-bond acceptors (Lipinski definition) is 2. The summed E-state index contributed by atoms with van der Waals surface area (Å²) in [6, 6.07) is 6.59. The molecule has 0 aliphatic rings. The molecule has 0 saturated heterocycles. The van der Waals surface area contributed by atoms with Crippen molar-refractivity contribution in [2.45, 2.75) is 19.4 Å². The second kappa shape index (κ2) is 7.54. The minimum atomic E-state index is -0.276. The van der Waals surface area contributed by atoms with Gasteiger partial charge in [-0.3, -0.25) is 4.98 Å². The summed E-state index contributed by atoms with van der Waals surface area (Å²) in [5.41, 5.74) is 1.73. The van der Waals surface area contributed by atoms with E-state index in [9.17, 15) is 4.39 Å². The first kappa shape index (κ1) is 16.7. The van der Waals surface area contributed by atoms with Crippen molar-refractivity contribution >= 4 is 39.1 Å². The van der Waals surface area contributed by atoms with E-state index >= 15 is 0 Å². The van der Waals surface area contributed by atoms with Crippen molar-refractivity contribution in [1.29, 1.82) is 0 Å². The van der Waals surface area contributed by atoms with Crippen LogP contribution in [-0.4, -0.2) is 11.5 Å². The van der Waals surface area contributed by atoms with Gasteiger partial charge in [-0.15, -0.1) is 0 Å². The van der Waals surface area contributed by atoms with Crippen LogP contribution in [0.3, 0.4) is 0 Å². The first-order valence-corrected chi connectivity index (χ1v) is 8.04. The van der Waals surface area contributed by atoms with E-state index < -0.39 is 0 Å². The lowest BCUT2D eigenvalue weighted by atomic mass is 10.0. The van der Waals surface area contributed by atoms with Crippen LogP contribution in [0.15, 0.2) is 34.9 Å². The third-order valence-electron chi connectivity index (χ3n) is 3.04. The fourth-order valence-corrected chi connectivity index (χ4v) is 3.03. The van der Waals surface area contributed by atoms with Crippen molar-refractivity contribution < 1.29 is 4.39 Å². The maximum Gasteiger partial charge on any atom is 0.137 e. The normalized spacial score (nSPS) is 12.4. The summed E-state index contributed by atoms with van der Waals surface area (Å²) >= 11 is 15.3. The smallest absolute Gasteiger partial charge is 0.137 e. The fraction of sp³-hybridized carbons (Fsp3) is 0.267. The van der Waals surface area contributed by atoms with Gasteiger partial charge >= 0.3 is 0 Å². The van der Waals surface area contributed by atoms with Gasteiger partial charge in [-0.2, -0.15) is 0 Å². The molecule has 1 aromatic heterocycles. The number of rotatable bonds is 5. The molecule has 1 atom stereocenters. The molecule has 0 aliphatic heterocycles. The van der Waals surface area contributed by atoms with Gasteiger partial charge in [0.05, 0.1) is 26.3 Å². The number of benzene rings is 1. The number of hydrogen-bond donors (Lipinski definition) is 1. The van der Waals surface area contributed by atoms with Gasteiger partial charge in [0, 0.05) is 6.20 Å². The molecular formula is C15H14BrCl2FN2. The molecule has 0 fully saturated rings. The van der Waals surface area contributed by atoms with Crippen molar-refractivity contribution in [3.8, 4) is 0 Å². The van der Waals surface area contributed by atoms with Crippen LogP contribution in [0.25, 0.3) is 0 Å². The second-order valence-electron chi connectivity index (χ2n) is 4.58. The van der Waals surface area contributed by atoms with E-state index in [0.717, 1.165) is 17.8 Å². The third-order valence-corrected chi connectivity index (χ3v) is 4.16. The number of nitrogens with zero attached hydrogens (tertiary/aromatic N) is 1. The number of halogens is 4. The van der Waals surface area contributed by atoms with Gasteiger partial charge in [0.1, 0.15) is 5.82 Å². The van der Waals surface area contributed by atoms with Crippen molar-refractivity contribution in [1.82, 2.24) is 10.3 Å². The molecule has 1 heterocycles. The van der Waals surface area contributed by atoms with E-state index in [0.29, 0.717) is 20.9 Å². The lowest BCUT2D eigenvalue weighted by molar-refractivity contribution is 0.536. The molecule has 2 rings (SSSR count). The largest absolute Gasteiger partial charge is 0.309 e. The molecule has 0 aliphatic carbocycles. The van der Waals surface area contributed by atoms with E-state index in [2.05, 4.69) is 26.2 Å². The van der Waals surface area contributed by atoms with Crippen LogP contribution in [0.5, 0.6) is 0 Å². The average molecular weight is 392 g/mol. The summed E-state index contributed by atoms with van der Waals surface area (Å²) < 4.78 is 13.8. The highest BCUT2D eigenvalue weighted by Crippen LogP contribution is 2.27. The van der Waals surface area contributed by atoms with E-state index in [-0.39, 0.29) is 11.9 Å². The van der Waals surface area contributed by atoms with Crippen LogP contribution >= 0.6 is 39.1 Å². The van der Waals surface area contributed by atoms with Gasteiger partial charge in [0.15, 0.2) is 0 Å². The molecule has 0 amide bonds. The molecule has 0 bridgehead atoms. The average Bonchev–Trinajstić information content (AvgIpc) is 2.42. The molecule has 0 radical (unpaired) electrons. The molecule has 1 N–H and O–H groups in total. The molecule has 112 valence electrons. The van der Waals surface area contributed by atoms with Gasteiger partial charge in [-0.25, -0.2) is 4.39 Å². The highest BCUT2D eigenvalue weighted by Gasteiger charge is 2.17. The Hall–Kier alpha value is -0.680. The molecule has 2 aromatic rings. The monoisotopic (exact) mass is 390 g/mol. The number of pyridine rings is 1. The molecule has 21 heavy (non-hydrogen) atoms. The van der Waals surface area contributed by atoms with Crippen LogP contribution in [0.1, 0.15) is 24.2 Å². The van der Waals surface area contributed by atoms with Gasteiger partial charge < -0.3 is 5.32 Å².